The molecular weight excluding hydrogens is 266 g/mol. The van der Waals surface area contributed by atoms with E-state index in [9.17, 15) is 14.7 Å². The highest BCUT2D eigenvalue weighted by molar-refractivity contribution is 5.95. The Labute approximate surface area is 125 Å². The summed E-state index contributed by atoms with van der Waals surface area (Å²) < 4.78 is 0. The van der Waals surface area contributed by atoms with Crippen LogP contribution in [0.2, 0.25) is 0 Å². The highest BCUT2D eigenvalue weighted by Gasteiger charge is 2.30. The van der Waals surface area contributed by atoms with Crippen LogP contribution in [0.1, 0.15) is 47.2 Å². The van der Waals surface area contributed by atoms with Gasteiger partial charge in [-0.05, 0) is 44.2 Å². The Hall–Kier alpha value is -1.84. The Morgan fingerprint density at radius 1 is 1.24 bits per heavy atom. The standard InChI is InChI=1S/C17H23NO3/c1-11-7-8-14(12(2)9-11)16(19)18-10-13-5-3-4-6-15(13)17(20)21/h7-9,13,15H,3-6,10H2,1-2H3,(H,18,19)(H,20,21). The molecule has 4 nitrogen and oxygen atoms in total. The maximum Gasteiger partial charge on any atom is 0.306 e. The average molecular weight is 289 g/mol. The van der Waals surface area contributed by atoms with Crippen molar-refractivity contribution in [1.82, 2.24) is 5.32 Å². The van der Waals surface area contributed by atoms with Crippen LogP contribution in [0.3, 0.4) is 0 Å². The average Bonchev–Trinajstić information content (AvgIpc) is 2.45. The summed E-state index contributed by atoms with van der Waals surface area (Å²) in [6, 6.07) is 5.73. The van der Waals surface area contributed by atoms with E-state index in [0.29, 0.717) is 12.1 Å². The molecule has 4 heteroatoms. The smallest absolute Gasteiger partial charge is 0.306 e. The Morgan fingerprint density at radius 2 is 1.95 bits per heavy atom. The summed E-state index contributed by atoms with van der Waals surface area (Å²) >= 11 is 0. The molecule has 1 amide bonds. The van der Waals surface area contributed by atoms with Crippen molar-refractivity contribution in [3.63, 3.8) is 0 Å². The van der Waals surface area contributed by atoms with E-state index >= 15 is 0 Å². The Balaban J connectivity index is 1.98. The number of amides is 1. The molecule has 0 heterocycles. The van der Waals surface area contributed by atoms with E-state index in [-0.39, 0.29) is 17.7 Å². The summed E-state index contributed by atoms with van der Waals surface area (Å²) in [6.07, 6.45) is 3.62. The summed E-state index contributed by atoms with van der Waals surface area (Å²) in [5.74, 6) is -1.12. The van der Waals surface area contributed by atoms with E-state index in [0.717, 1.165) is 36.8 Å². The number of aryl methyl sites for hydroxylation is 2. The minimum absolute atomic E-state index is 0.0472. The van der Waals surface area contributed by atoms with Gasteiger partial charge in [0.25, 0.3) is 5.91 Å². The highest BCUT2D eigenvalue weighted by atomic mass is 16.4. The number of rotatable bonds is 4. The lowest BCUT2D eigenvalue weighted by Gasteiger charge is -2.28. The number of hydrogen-bond donors (Lipinski definition) is 2. The van der Waals surface area contributed by atoms with Crippen molar-refractivity contribution in [2.24, 2.45) is 11.8 Å². The molecular formula is C17H23NO3. The van der Waals surface area contributed by atoms with Gasteiger partial charge < -0.3 is 10.4 Å². The summed E-state index contributed by atoms with van der Waals surface area (Å²) in [5, 5.41) is 12.2. The van der Waals surface area contributed by atoms with Gasteiger partial charge >= 0.3 is 5.97 Å². The van der Waals surface area contributed by atoms with Gasteiger partial charge in [-0.25, -0.2) is 0 Å². The number of hydrogen-bond acceptors (Lipinski definition) is 2. The maximum absolute atomic E-state index is 12.2. The lowest BCUT2D eigenvalue weighted by atomic mass is 9.79. The summed E-state index contributed by atoms with van der Waals surface area (Å²) in [4.78, 5) is 23.5. The molecule has 2 rings (SSSR count). The molecule has 0 aromatic heterocycles. The zero-order valence-electron chi connectivity index (χ0n) is 12.7. The molecule has 0 aliphatic heterocycles. The van der Waals surface area contributed by atoms with Crippen LogP contribution in [-0.4, -0.2) is 23.5 Å². The molecule has 2 N–H and O–H groups in total. The normalized spacial score (nSPS) is 21.8. The fourth-order valence-corrected chi connectivity index (χ4v) is 3.16. The van der Waals surface area contributed by atoms with Crippen molar-refractivity contribution < 1.29 is 14.7 Å². The van der Waals surface area contributed by atoms with E-state index < -0.39 is 5.97 Å². The topological polar surface area (TPSA) is 66.4 Å². The fourth-order valence-electron chi connectivity index (χ4n) is 3.16. The van der Waals surface area contributed by atoms with Crippen molar-refractivity contribution >= 4 is 11.9 Å². The second kappa shape index (κ2) is 6.74. The van der Waals surface area contributed by atoms with Crippen molar-refractivity contribution in [3.05, 3.63) is 34.9 Å². The largest absolute Gasteiger partial charge is 0.481 e. The zero-order valence-corrected chi connectivity index (χ0v) is 12.7. The molecule has 0 radical (unpaired) electrons. The molecule has 2 unspecified atom stereocenters. The van der Waals surface area contributed by atoms with Crippen LogP contribution in [0.25, 0.3) is 0 Å². The molecule has 0 saturated heterocycles. The fraction of sp³-hybridized carbons (Fsp3) is 0.529. The second-order valence-corrected chi connectivity index (χ2v) is 6.02. The number of carbonyl (C=O) groups is 2. The number of carbonyl (C=O) groups excluding carboxylic acids is 1. The first-order chi connectivity index (χ1) is 9.99. The first-order valence-corrected chi connectivity index (χ1v) is 7.57. The first-order valence-electron chi connectivity index (χ1n) is 7.57. The van der Waals surface area contributed by atoms with Crippen LogP contribution in [0.15, 0.2) is 18.2 Å². The SMILES string of the molecule is Cc1ccc(C(=O)NCC2CCCCC2C(=O)O)c(C)c1. The van der Waals surface area contributed by atoms with Gasteiger partial charge in [0.15, 0.2) is 0 Å². The van der Waals surface area contributed by atoms with E-state index in [1.165, 1.54) is 0 Å². The van der Waals surface area contributed by atoms with E-state index in [1.807, 2.05) is 32.0 Å². The third kappa shape index (κ3) is 3.84. The molecule has 1 saturated carbocycles. The van der Waals surface area contributed by atoms with Gasteiger partial charge in [-0.2, -0.15) is 0 Å². The van der Waals surface area contributed by atoms with E-state index in [2.05, 4.69) is 5.32 Å². The Morgan fingerprint density at radius 3 is 2.62 bits per heavy atom. The summed E-state index contributed by atoms with van der Waals surface area (Å²) in [6.45, 7) is 4.36. The maximum atomic E-state index is 12.2. The third-order valence-corrected chi connectivity index (χ3v) is 4.38. The molecule has 1 aromatic carbocycles. The predicted molar refractivity (Wildman–Crippen MR) is 81.3 cm³/mol. The molecule has 21 heavy (non-hydrogen) atoms. The van der Waals surface area contributed by atoms with Crippen molar-refractivity contribution in [3.8, 4) is 0 Å². The minimum Gasteiger partial charge on any atom is -0.481 e. The molecule has 1 aliphatic rings. The quantitative estimate of drug-likeness (QED) is 0.895. The molecule has 114 valence electrons. The predicted octanol–water partition coefficient (Wildman–Crippen LogP) is 2.92. The monoisotopic (exact) mass is 289 g/mol. The van der Waals surface area contributed by atoms with Gasteiger partial charge in [0.2, 0.25) is 0 Å². The first kappa shape index (κ1) is 15.5. The highest BCUT2D eigenvalue weighted by Crippen LogP contribution is 2.29. The zero-order chi connectivity index (χ0) is 15.4. The molecule has 1 fully saturated rings. The van der Waals surface area contributed by atoms with Crippen molar-refractivity contribution in [2.45, 2.75) is 39.5 Å². The van der Waals surface area contributed by atoms with E-state index in [4.69, 9.17) is 0 Å². The van der Waals surface area contributed by atoms with Crippen LogP contribution in [0.4, 0.5) is 0 Å². The van der Waals surface area contributed by atoms with Crippen LogP contribution >= 0.6 is 0 Å². The van der Waals surface area contributed by atoms with Crippen LogP contribution in [-0.2, 0) is 4.79 Å². The van der Waals surface area contributed by atoms with E-state index in [1.54, 1.807) is 0 Å². The van der Waals surface area contributed by atoms with Crippen molar-refractivity contribution in [2.75, 3.05) is 6.54 Å². The summed E-state index contributed by atoms with van der Waals surface area (Å²) in [7, 11) is 0. The number of benzene rings is 1. The number of aliphatic carboxylic acids is 1. The number of carboxylic acid groups (broad SMARTS) is 1. The minimum atomic E-state index is -0.736. The van der Waals surface area contributed by atoms with Crippen LogP contribution in [0.5, 0.6) is 0 Å². The summed E-state index contributed by atoms with van der Waals surface area (Å²) in [5.41, 5.74) is 2.75. The van der Waals surface area contributed by atoms with Crippen molar-refractivity contribution in [1.29, 1.82) is 0 Å². The Bertz CT molecular complexity index is 539. The van der Waals surface area contributed by atoms with Gasteiger partial charge in [-0.3, -0.25) is 9.59 Å². The van der Waals surface area contributed by atoms with Gasteiger partial charge in [-0.1, -0.05) is 30.5 Å². The Kier molecular flexibility index (Phi) is 4.99. The third-order valence-electron chi connectivity index (χ3n) is 4.38. The van der Waals surface area contributed by atoms with Crippen LogP contribution in [0, 0.1) is 25.7 Å². The van der Waals surface area contributed by atoms with Gasteiger partial charge in [0.1, 0.15) is 0 Å². The molecule has 2 atom stereocenters. The molecule has 0 spiro atoms. The molecule has 1 aromatic rings. The second-order valence-electron chi connectivity index (χ2n) is 6.02. The lowest BCUT2D eigenvalue weighted by Crippen LogP contribution is -2.37. The van der Waals surface area contributed by atoms with Crippen LogP contribution < -0.4 is 5.32 Å². The molecule has 0 bridgehead atoms. The van der Waals surface area contributed by atoms with Gasteiger partial charge in [0, 0.05) is 12.1 Å². The van der Waals surface area contributed by atoms with Gasteiger partial charge in [-0.15, -0.1) is 0 Å². The van der Waals surface area contributed by atoms with Gasteiger partial charge in [0.05, 0.1) is 5.92 Å². The lowest BCUT2D eigenvalue weighted by molar-refractivity contribution is -0.144. The number of carboxylic acids is 1. The molecule has 1 aliphatic carbocycles. The number of nitrogens with one attached hydrogen (secondary N) is 1.